The van der Waals surface area contributed by atoms with Crippen LogP contribution in [0.25, 0.3) is 0 Å². The zero-order valence-corrected chi connectivity index (χ0v) is 12.6. The molecule has 1 aliphatic rings. The highest BCUT2D eigenvalue weighted by Crippen LogP contribution is 2.22. The Bertz CT molecular complexity index is 552. The van der Waals surface area contributed by atoms with Crippen molar-refractivity contribution in [2.45, 2.75) is 26.5 Å². The van der Waals surface area contributed by atoms with Crippen LogP contribution >= 0.6 is 11.3 Å². The van der Waals surface area contributed by atoms with Crippen LogP contribution < -0.4 is 0 Å². The van der Waals surface area contributed by atoms with Crippen LogP contribution in [0, 0.1) is 13.8 Å². The fraction of sp³-hybridized carbons (Fsp3) is 0.500. The maximum Gasteiger partial charge on any atom is 0.125 e. The molecule has 0 aliphatic carbocycles. The van der Waals surface area contributed by atoms with E-state index in [0.29, 0.717) is 0 Å². The number of ether oxygens (including phenoxy) is 1. The quantitative estimate of drug-likeness (QED) is 0.866. The molecular formula is C14H18N4OS. The highest BCUT2D eigenvalue weighted by atomic mass is 32.1. The first kappa shape index (κ1) is 13.6. The number of hydrogen-bond donors (Lipinski definition) is 0. The standard InChI is InChI=1S/C14H18N4OS/c1-10-7-12(17-11(2)16-10)13-8-18(4-5-19-13)9-14-15-3-6-20-14/h3,6-7,13H,4-5,8-9H2,1-2H3. The van der Waals surface area contributed by atoms with Crippen LogP contribution in [0.3, 0.4) is 0 Å². The molecule has 0 radical (unpaired) electrons. The van der Waals surface area contributed by atoms with Crippen molar-refractivity contribution in [2.24, 2.45) is 0 Å². The average molecular weight is 290 g/mol. The highest BCUT2D eigenvalue weighted by Gasteiger charge is 2.24. The van der Waals surface area contributed by atoms with Crippen molar-refractivity contribution in [3.8, 4) is 0 Å². The normalized spacial score (nSPS) is 20.2. The summed E-state index contributed by atoms with van der Waals surface area (Å²) in [7, 11) is 0. The van der Waals surface area contributed by atoms with E-state index in [1.807, 2.05) is 31.5 Å². The predicted octanol–water partition coefficient (Wildman–Crippen LogP) is 2.12. The van der Waals surface area contributed by atoms with Gasteiger partial charge in [-0.3, -0.25) is 4.90 Å². The monoisotopic (exact) mass is 290 g/mol. The van der Waals surface area contributed by atoms with E-state index in [1.54, 1.807) is 11.3 Å². The third-order valence-electron chi connectivity index (χ3n) is 3.31. The van der Waals surface area contributed by atoms with Crippen LogP contribution in [0.4, 0.5) is 0 Å². The van der Waals surface area contributed by atoms with Gasteiger partial charge in [-0.2, -0.15) is 0 Å². The number of rotatable bonds is 3. The zero-order valence-electron chi connectivity index (χ0n) is 11.7. The second kappa shape index (κ2) is 5.95. The van der Waals surface area contributed by atoms with Gasteiger partial charge in [0, 0.05) is 30.4 Å². The van der Waals surface area contributed by atoms with Gasteiger partial charge in [0.1, 0.15) is 16.9 Å². The molecule has 1 aliphatic heterocycles. The van der Waals surface area contributed by atoms with E-state index in [2.05, 4.69) is 19.9 Å². The Labute approximate surface area is 122 Å². The molecule has 0 bridgehead atoms. The van der Waals surface area contributed by atoms with Gasteiger partial charge < -0.3 is 4.74 Å². The van der Waals surface area contributed by atoms with Crippen LogP contribution in [-0.2, 0) is 11.3 Å². The lowest BCUT2D eigenvalue weighted by Crippen LogP contribution is -2.38. The average Bonchev–Trinajstić information content (AvgIpc) is 2.91. The van der Waals surface area contributed by atoms with Crippen molar-refractivity contribution in [3.05, 3.63) is 39.9 Å². The lowest BCUT2D eigenvalue weighted by molar-refractivity contribution is -0.0351. The Morgan fingerprint density at radius 3 is 3.05 bits per heavy atom. The van der Waals surface area contributed by atoms with E-state index in [0.717, 1.165) is 48.5 Å². The summed E-state index contributed by atoms with van der Waals surface area (Å²) >= 11 is 1.70. The Kier molecular flexibility index (Phi) is 4.05. The SMILES string of the molecule is Cc1cc(C2CN(Cc3nccs3)CCO2)nc(C)n1. The number of aryl methyl sites for hydroxylation is 2. The summed E-state index contributed by atoms with van der Waals surface area (Å²) in [5.74, 6) is 0.806. The van der Waals surface area contributed by atoms with E-state index in [4.69, 9.17) is 4.74 Å². The molecule has 2 aromatic heterocycles. The summed E-state index contributed by atoms with van der Waals surface area (Å²) in [4.78, 5) is 15.6. The summed E-state index contributed by atoms with van der Waals surface area (Å²) < 4.78 is 5.87. The molecule has 1 atom stereocenters. The Hall–Kier alpha value is -1.37. The van der Waals surface area contributed by atoms with Crippen LogP contribution in [0.5, 0.6) is 0 Å². The maximum atomic E-state index is 5.87. The zero-order chi connectivity index (χ0) is 13.9. The summed E-state index contributed by atoms with van der Waals surface area (Å²) in [6.07, 6.45) is 1.89. The predicted molar refractivity (Wildman–Crippen MR) is 77.6 cm³/mol. The highest BCUT2D eigenvalue weighted by molar-refractivity contribution is 7.09. The van der Waals surface area contributed by atoms with Gasteiger partial charge >= 0.3 is 0 Å². The molecule has 3 rings (SSSR count). The van der Waals surface area contributed by atoms with Crippen molar-refractivity contribution in [3.63, 3.8) is 0 Å². The molecule has 1 unspecified atom stereocenters. The molecule has 2 aromatic rings. The number of aromatic nitrogens is 3. The lowest BCUT2D eigenvalue weighted by Gasteiger charge is -2.32. The molecule has 0 aromatic carbocycles. The lowest BCUT2D eigenvalue weighted by atomic mass is 10.2. The minimum atomic E-state index is 0.0316. The number of thiazole rings is 1. The number of hydrogen-bond acceptors (Lipinski definition) is 6. The van der Waals surface area contributed by atoms with Crippen molar-refractivity contribution in [1.29, 1.82) is 0 Å². The molecule has 0 spiro atoms. The van der Waals surface area contributed by atoms with Crippen LogP contribution in [0.2, 0.25) is 0 Å². The van der Waals surface area contributed by atoms with Gasteiger partial charge in [0.25, 0.3) is 0 Å². The molecule has 106 valence electrons. The van der Waals surface area contributed by atoms with Gasteiger partial charge in [-0.05, 0) is 19.9 Å². The number of morpholine rings is 1. The Balaban J connectivity index is 1.71. The van der Waals surface area contributed by atoms with Crippen molar-refractivity contribution in [2.75, 3.05) is 19.7 Å². The second-order valence-corrected chi connectivity index (χ2v) is 5.98. The van der Waals surface area contributed by atoms with Gasteiger partial charge in [-0.25, -0.2) is 15.0 Å². The third-order valence-corrected chi connectivity index (χ3v) is 4.07. The molecule has 5 nitrogen and oxygen atoms in total. The van der Waals surface area contributed by atoms with E-state index in [9.17, 15) is 0 Å². The Morgan fingerprint density at radius 1 is 1.40 bits per heavy atom. The van der Waals surface area contributed by atoms with Gasteiger partial charge in [-0.15, -0.1) is 11.3 Å². The van der Waals surface area contributed by atoms with Gasteiger partial charge in [0.2, 0.25) is 0 Å². The van der Waals surface area contributed by atoms with Crippen molar-refractivity contribution < 1.29 is 4.74 Å². The van der Waals surface area contributed by atoms with Crippen molar-refractivity contribution in [1.82, 2.24) is 19.9 Å². The first-order valence-corrected chi connectivity index (χ1v) is 7.63. The molecule has 0 amide bonds. The fourth-order valence-electron chi connectivity index (χ4n) is 2.46. The smallest absolute Gasteiger partial charge is 0.125 e. The molecule has 1 fully saturated rings. The molecule has 6 heteroatoms. The number of nitrogens with zero attached hydrogens (tertiary/aromatic N) is 4. The fourth-order valence-corrected chi connectivity index (χ4v) is 3.12. The van der Waals surface area contributed by atoms with E-state index >= 15 is 0 Å². The molecule has 0 N–H and O–H groups in total. The van der Waals surface area contributed by atoms with Gasteiger partial charge in [0.05, 0.1) is 18.8 Å². The minimum Gasteiger partial charge on any atom is -0.369 e. The summed E-state index contributed by atoms with van der Waals surface area (Å²) in [6, 6.07) is 2.02. The molecular weight excluding hydrogens is 272 g/mol. The molecule has 3 heterocycles. The summed E-state index contributed by atoms with van der Waals surface area (Å²) in [5.41, 5.74) is 1.98. The van der Waals surface area contributed by atoms with Crippen LogP contribution in [0.15, 0.2) is 17.6 Å². The van der Waals surface area contributed by atoms with Crippen molar-refractivity contribution >= 4 is 11.3 Å². The van der Waals surface area contributed by atoms with Crippen LogP contribution in [-0.4, -0.2) is 39.5 Å². The third kappa shape index (κ3) is 3.20. The van der Waals surface area contributed by atoms with E-state index in [-0.39, 0.29) is 6.10 Å². The molecule has 0 saturated carbocycles. The largest absolute Gasteiger partial charge is 0.369 e. The topological polar surface area (TPSA) is 51.1 Å². The van der Waals surface area contributed by atoms with E-state index in [1.165, 1.54) is 0 Å². The molecule has 1 saturated heterocycles. The second-order valence-electron chi connectivity index (χ2n) is 5.00. The van der Waals surface area contributed by atoms with Crippen LogP contribution in [0.1, 0.15) is 28.3 Å². The van der Waals surface area contributed by atoms with Gasteiger partial charge in [-0.1, -0.05) is 0 Å². The summed E-state index contributed by atoms with van der Waals surface area (Å²) in [6.45, 7) is 7.34. The maximum absolute atomic E-state index is 5.87. The Morgan fingerprint density at radius 2 is 2.30 bits per heavy atom. The first-order valence-electron chi connectivity index (χ1n) is 6.75. The minimum absolute atomic E-state index is 0.0316. The molecule has 20 heavy (non-hydrogen) atoms. The summed E-state index contributed by atoms with van der Waals surface area (Å²) in [5, 5.41) is 3.17. The van der Waals surface area contributed by atoms with E-state index < -0.39 is 0 Å². The van der Waals surface area contributed by atoms with Gasteiger partial charge in [0.15, 0.2) is 0 Å². The first-order chi connectivity index (χ1) is 9.70.